The highest BCUT2D eigenvalue weighted by atomic mass is 16.4. The molecule has 2 aromatic rings. The lowest BCUT2D eigenvalue weighted by Crippen LogP contribution is -2.43. The average molecular weight is 302 g/mol. The predicted molar refractivity (Wildman–Crippen MR) is 85.2 cm³/mol. The van der Waals surface area contributed by atoms with E-state index in [2.05, 4.69) is 11.8 Å². The molecule has 5 heteroatoms. The zero-order valence-corrected chi connectivity index (χ0v) is 13.3. The van der Waals surface area contributed by atoms with E-state index in [4.69, 9.17) is 4.42 Å². The van der Waals surface area contributed by atoms with Gasteiger partial charge in [0.1, 0.15) is 0 Å². The number of nitrogens with zero attached hydrogens (tertiary/aromatic N) is 2. The van der Waals surface area contributed by atoms with E-state index >= 15 is 0 Å². The Hall–Kier alpha value is -1.88. The van der Waals surface area contributed by atoms with E-state index in [9.17, 15) is 9.59 Å². The average Bonchev–Trinajstić information content (AvgIpc) is 2.81. The summed E-state index contributed by atoms with van der Waals surface area (Å²) in [6.45, 7) is 6.16. The number of likely N-dealkylation sites (tertiary alicyclic amines) is 1. The van der Waals surface area contributed by atoms with Crippen molar-refractivity contribution in [3.8, 4) is 0 Å². The molecule has 0 saturated carbocycles. The Morgan fingerprint density at radius 3 is 2.68 bits per heavy atom. The highest BCUT2D eigenvalue weighted by Crippen LogP contribution is 2.21. The van der Waals surface area contributed by atoms with Crippen molar-refractivity contribution in [2.75, 3.05) is 13.1 Å². The zero-order chi connectivity index (χ0) is 15.9. The third kappa shape index (κ3) is 2.61. The number of benzene rings is 1. The lowest BCUT2D eigenvalue weighted by Gasteiger charge is -2.34. The van der Waals surface area contributed by atoms with Crippen LogP contribution in [0.4, 0.5) is 0 Å². The van der Waals surface area contributed by atoms with Crippen molar-refractivity contribution in [1.82, 2.24) is 9.47 Å². The Balaban J connectivity index is 1.83. The third-order valence-electron chi connectivity index (χ3n) is 4.82. The fraction of sp³-hybridized carbons (Fsp3) is 0.529. The summed E-state index contributed by atoms with van der Waals surface area (Å²) in [4.78, 5) is 26.5. The molecule has 1 fully saturated rings. The molecule has 3 rings (SSSR count). The second-order valence-corrected chi connectivity index (χ2v) is 6.37. The van der Waals surface area contributed by atoms with Gasteiger partial charge in [-0.3, -0.25) is 14.3 Å². The summed E-state index contributed by atoms with van der Waals surface area (Å²) in [6, 6.07) is 5.10. The van der Waals surface area contributed by atoms with Gasteiger partial charge >= 0.3 is 5.76 Å². The van der Waals surface area contributed by atoms with Crippen LogP contribution < -0.4 is 5.76 Å². The summed E-state index contributed by atoms with van der Waals surface area (Å²) < 4.78 is 6.61. The van der Waals surface area contributed by atoms with Gasteiger partial charge in [-0.25, -0.2) is 4.79 Å². The van der Waals surface area contributed by atoms with Gasteiger partial charge in [-0.05, 0) is 57.0 Å². The van der Waals surface area contributed by atoms with Crippen LogP contribution in [0.3, 0.4) is 0 Å². The number of hydrogen-bond donors (Lipinski definition) is 0. The summed E-state index contributed by atoms with van der Waals surface area (Å²) in [7, 11) is 1.66. The standard InChI is InChI=1S/C17H22N2O3/c1-11-6-8-19(9-7-11)12(2)16(20)13-4-5-14-15(10-13)22-17(21)18(14)3/h4-5,10-12H,6-9H2,1-3H3. The number of carbonyl (C=O) groups excluding carboxylic acids is 1. The Morgan fingerprint density at radius 2 is 2.00 bits per heavy atom. The first-order valence-electron chi connectivity index (χ1n) is 7.85. The minimum absolute atomic E-state index is 0.0861. The van der Waals surface area contributed by atoms with Crippen molar-refractivity contribution >= 4 is 16.9 Å². The molecule has 22 heavy (non-hydrogen) atoms. The first kappa shape index (κ1) is 15.0. The molecular weight excluding hydrogens is 280 g/mol. The number of rotatable bonds is 3. The number of carbonyl (C=O) groups is 1. The number of aryl methyl sites for hydroxylation is 1. The van der Waals surface area contributed by atoms with E-state index in [1.807, 2.05) is 6.92 Å². The molecule has 0 radical (unpaired) electrons. The highest BCUT2D eigenvalue weighted by molar-refractivity contribution is 6.01. The largest absolute Gasteiger partial charge is 0.419 e. The molecule has 5 nitrogen and oxygen atoms in total. The van der Waals surface area contributed by atoms with E-state index in [-0.39, 0.29) is 11.8 Å². The molecule has 118 valence electrons. The lowest BCUT2D eigenvalue weighted by atomic mass is 9.96. The number of ketones is 1. The predicted octanol–water partition coefficient (Wildman–Crippen LogP) is 2.43. The summed E-state index contributed by atoms with van der Waals surface area (Å²) >= 11 is 0. The van der Waals surface area contributed by atoms with Gasteiger partial charge in [0.2, 0.25) is 0 Å². The summed E-state index contributed by atoms with van der Waals surface area (Å²) in [5, 5.41) is 0. The Morgan fingerprint density at radius 1 is 1.32 bits per heavy atom. The maximum absolute atomic E-state index is 12.7. The molecule has 1 aliphatic heterocycles. The van der Waals surface area contributed by atoms with Gasteiger partial charge in [-0.1, -0.05) is 6.92 Å². The molecule has 1 saturated heterocycles. The topological polar surface area (TPSA) is 55.5 Å². The molecule has 0 aliphatic carbocycles. The van der Waals surface area contributed by atoms with Gasteiger partial charge in [-0.2, -0.15) is 0 Å². The molecule has 0 amide bonds. The van der Waals surface area contributed by atoms with Gasteiger partial charge in [-0.15, -0.1) is 0 Å². The molecule has 0 spiro atoms. The normalized spacial score (nSPS) is 18.7. The minimum Gasteiger partial charge on any atom is -0.408 e. The second kappa shape index (κ2) is 5.72. The van der Waals surface area contributed by atoms with Crippen LogP contribution in [0.15, 0.2) is 27.4 Å². The van der Waals surface area contributed by atoms with E-state index in [1.54, 1.807) is 25.2 Å². The van der Waals surface area contributed by atoms with Crippen LogP contribution >= 0.6 is 0 Å². The molecule has 1 aliphatic rings. The molecule has 2 heterocycles. The number of aromatic nitrogens is 1. The van der Waals surface area contributed by atoms with E-state index < -0.39 is 5.76 Å². The first-order valence-corrected chi connectivity index (χ1v) is 7.85. The van der Waals surface area contributed by atoms with Crippen molar-refractivity contribution in [3.63, 3.8) is 0 Å². The van der Waals surface area contributed by atoms with Gasteiger partial charge in [0.05, 0.1) is 11.6 Å². The first-order chi connectivity index (χ1) is 10.5. The van der Waals surface area contributed by atoms with Crippen molar-refractivity contribution in [2.24, 2.45) is 13.0 Å². The Bertz CT molecular complexity index is 751. The van der Waals surface area contributed by atoms with Crippen LogP contribution in [0.2, 0.25) is 0 Å². The lowest BCUT2D eigenvalue weighted by molar-refractivity contribution is 0.0779. The Kier molecular flexibility index (Phi) is 3.91. The summed E-state index contributed by atoms with van der Waals surface area (Å²) in [5.41, 5.74) is 1.78. The van der Waals surface area contributed by atoms with Crippen molar-refractivity contribution < 1.29 is 9.21 Å². The van der Waals surface area contributed by atoms with Crippen LogP contribution in [-0.2, 0) is 7.05 Å². The van der Waals surface area contributed by atoms with Crippen molar-refractivity contribution in [1.29, 1.82) is 0 Å². The van der Waals surface area contributed by atoms with Gasteiger partial charge in [0.25, 0.3) is 0 Å². The van der Waals surface area contributed by atoms with E-state index in [0.29, 0.717) is 16.7 Å². The summed E-state index contributed by atoms with van der Waals surface area (Å²) in [6.07, 6.45) is 2.29. The third-order valence-corrected chi connectivity index (χ3v) is 4.82. The fourth-order valence-electron chi connectivity index (χ4n) is 3.11. The SMILES string of the molecule is CC1CCN(C(C)C(=O)c2ccc3c(c2)oc(=O)n3C)CC1. The monoisotopic (exact) mass is 302 g/mol. The van der Waals surface area contributed by atoms with Crippen LogP contribution in [0.25, 0.3) is 11.1 Å². The number of fused-ring (bicyclic) bond motifs is 1. The van der Waals surface area contributed by atoms with Crippen LogP contribution in [0, 0.1) is 5.92 Å². The van der Waals surface area contributed by atoms with Gasteiger partial charge in [0, 0.05) is 12.6 Å². The second-order valence-electron chi connectivity index (χ2n) is 6.37. The smallest absolute Gasteiger partial charge is 0.408 e. The zero-order valence-electron chi connectivity index (χ0n) is 13.3. The van der Waals surface area contributed by atoms with Crippen LogP contribution in [0.5, 0.6) is 0 Å². The molecule has 1 aromatic carbocycles. The molecule has 1 atom stereocenters. The number of oxazole rings is 1. The maximum atomic E-state index is 12.7. The highest BCUT2D eigenvalue weighted by Gasteiger charge is 2.26. The molecular formula is C17H22N2O3. The molecule has 0 bridgehead atoms. The molecule has 1 unspecified atom stereocenters. The fourth-order valence-corrected chi connectivity index (χ4v) is 3.11. The van der Waals surface area contributed by atoms with Gasteiger partial charge < -0.3 is 4.42 Å². The van der Waals surface area contributed by atoms with Gasteiger partial charge in [0.15, 0.2) is 11.4 Å². The van der Waals surface area contributed by atoms with Crippen LogP contribution in [0.1, 0.15) is 37.0 Å². The maximum Gasteiger partial charge on any atom is 0.419 e. The number of piperidine rings is 1. The van der Waals surface area contributed by atoms with E-state index in [0.717, 1.165) is 31.8 Å². The minimum atomic E-state index is -0.405. The van der Waals surface area contributed by atoms with Crippen molar-refractivity contribution in [3.05, 3.63) is 34.3 Å². The number of Topliss-reactive ketones (excluding diaryl/α,β-unsaturated/α-hetero) is 1. The summed E-state index contributed by atoms with van der Waals surface area (Å²) in [5.74, 6) is 0.425. The number of hydrogen-bond acceptors (Lipinski definition) is 4. The molecule has 1 aromatic heterocycles. The van der Waals surface area contributed by atoms with Crippen molar-refractivity contribution in [2.45, 2.75) is 32.7 Å². The van der Waals surface area contributed by atoms with Crippen LogP contribution in [-0.4, -0.2) is 34.4 Å². The van der Waals surface area contributed by atoms with E-state index in [1.165, 1.54) is 4.57 Å². The Labute approximate surface area is 129 Å². The molecule has 0 N–H and O–H groups in total. The quantitative estimate of drug-likeness (QED) is 0.817.